The maximum atomic E-state index is 12.3. The van der Waals surface area contributed by atoms with Crippen molar-refractivity contribution in [1.82, 2.24) is 15.6 Å². The maximum Gasteiger partial charge on any atom is 0.252 e. The molecule has 1 aliphatic heterocycles. The lowest BCUT2D eigenvalue weighted by molar-refractivity contribution is -0.119. The Morgan fingerprint density at radius 2 is 2.20 bits per heavy atom. The zero-order valence-corrected chi connectivity index (χ0v) is 10.7. The van der Waals surface area contributed by atoms with Crippen LogP contribution >= 0.6 is 0 Å². The van der Waals surface area contributed by atoms with E-state index < -0.39 is 0 Å². The minimum Gasteiger partial charge on any atom is -0.384 e. The minimum atomic E-state index is -0.239. The maximum absolute atomic E-state index is 12.3. The van der Waals surface area contributed by atoms with E-state index in [2.05, 4.69) is 15.6 Å². The number of pyridine rings is 1. The molecule has 0 bridgehead atoms. The zero-order valence-electron chi connectivity index (χ0n) is 10.7. The molecule has 0 aliphatic carbocycles. The first-order chi connectivity index (χ1) is 9.63. The SMILES string of the molecule is Nc1cc(C(=O)NC2CNC(=O)C2)c2ccccc2n1. The van der Waals surface area contributed by atoms with Crippen molar-refractivity contribution in [3.63, 3.8) is 0 Å². The number of hydrogen-bond donors (Lipinski definition) is 3. The van der Waals surface area contributed by atoms with Gasteiger partial charge in [0, 0.05) is 18.4 Å². The number of anilines is 1. The van der Waals surface area contributed by atoms with Crippen LogP contribution in [0.3, 0.4) is 0 Å². The predicted octanol–water partition coefficient (Wildman–Crippen LogP) is 0.435. The van der Waals surface area contributed by atoms with Gasteiger partial charge in [0.1, 0.15) is 5.82 Å². The van der Waals surface area contributed by atoms with Crippen LogP contribution < -0.4 is 16.4 Å². The van der Waals surface area contributed by atoms with Crippen LogP contribution in [-0.2, 0) is 4.79 Å². The van der Waals surface area contributed by atoms with Crippen LogP contribution in [0.5, 0.6) is 0 Å². The Morgan fingerprint density at radius 3 is 2.95 bits per heavy atom. The Kier molecular flexibility index (Phi) is 2.98. The normalized spacial score (nSPS) is 18.0. The highest BCUT2D eigenvalue weighted by atomic mass is 16.2. The van der Waals surface area contributed by atoms with Crippen LogP contribution in [0.4, 0.5) is 5.82 Å². The summed E-state index contributed by atoms with van der Waals surface area (Å²) in [6.07, 6.45) is 0.310. The van der Waals surface area contributed by atoms with Crippen molar-refractivity contribution in [3.05, 3.63) is 35.9 Å². The fourth-order valence-corrected chi connectivity index (χ4v) is 2.35. The third-order valence-electron chi connectivity index (χ3n) is 3.29. The van der Waals surface area contributed by atoms with E-state index in [1.165, 1.54) is 0 Å². The van der Waals surface area contributed by atoms with Gasteiger partial charge in [-0.15, -0.1) is 0 Å². The zero-order chi connectivity index (χ0) is 14.1. The third-order valence-corrected chi connectivity index (χ3v) is 3.29. The smallest absolute Gasteiger partial charge is 0.252 e. The Bertz CT molecular complexity index is 699. The molecule has 6 heteroatoms. The van der Waals surface area contributed by atoms with Crippen LogP contribution in [0.25, 0.3) is 10.9 Å². The molecule has 1 unspecified atom stereocenters. The lowest BCUT2D eigenvalue weighted by atomic mass is 10.1. The van der Waals surface area contributed by atoms with E-state index in [0.29, 0.717) is 29.9 Å². The van der Waals surface area contributed by atoms with E-state index in [9.17, 15) is 9.59 Å². The van der Waals surface area contributed by atoms with E-state index in [0.717, 1.165) is 5.39 Å². The van der Waals surface area contributed by atoms with Crippen molar-refractivity contribution in [2.75, 3.05) is 12.3 Å². The number of benzene rings is 1. The van der Waals surface area contributed by atoms with Crippen molar-refractivity contribution in [2.24, 2.45) is 0 Å². The molecule has 3 rings (SSSR count). The summed E-state index contributed by atoms with van der Waals surface area (Å²) in [6.45, 7) is 0.461. The van der Waals surface area contributed by atoms with Gasteiger partial charge in [0.2, 0.25) is 5.91 Å². The Morgan fingerprint density at radius 1 is 1.40 bits per heavy atom. The second-order valence-electron chi connectivity index (χ2n) is 4.79. The molecule has 102 valence electrons. The number of carbonyl (C=O) groups excluding carboxylic acids is 2. The number of fused-ring (bicyclic) bond motifs is 1. The molecule has 2 amide bonds. The predicted molar refractivity (Wildman–Crippen MR) is 75.0 cm³/mol. The van der Waals surface area contributed by atoms with E-state index in [1.807, 2.05) is 24.3 Å². The molecule has 2 aromatic rings. The molecule has 1 aromatic carbocycles. The van der Waals surface area contributed by atoms with Crippen LogP contribution in [0.2, 0.25) is 0 Å². The summed E-state index contributed by atoms with van der Waals surface area (Å²) < 4.78 is 0. The monoisotopic (exact) mass is 270 g/mol. The van der Waals surface area contributed by atoms with E-state index >= 15 is 0 Å². The van der Waals surface area contributed by atoms with Crippen LogP contribution in [0.1, 0.15) is 16.8 Å². The number of nitrogens with zero attached hydrogens (tertiary/aromatic N) is 1. The lowest BCUT2D eigenvalue weighted by Gasteiger charge is -2.12. The fourth-order valence-electron chi connectivity index (χ4n) is 2.35. The first-order valence-corrected chi connectivity index (χ1v) is 6.36. The quantitative estimate of drug-likeness (QED) is 0.737. The molecule has 2 heterocycles. The number of aromatic nitrogens is 1. The topological polar surface area (TPSA) is 97.1 Å². The number of nitrogen functional groups attached to an aromatic ring is 1. The van der Waals surface area contributed by atoms with E-state index in [1.54, 1.807) is 6.07 Å². The summed E-state index contributed by atoms with van der Waals surface area (Å²) in [5, 5.41) is 6.27. The molecule has 0 radical (unpaired) electrons. The molecular formula is C14H14N4O2. The second kappa shape index (κ2) is 4.80. The van der Waals surface area contributed by atoms with Crippen molar-refractivity contribution in [3.8, 4) is 0 Å². The Hall–Kier alpha value is -2.63. The second-order valence-corrected chi connectivity index (χ2v) is 4.79. The molecule has 1 aromatic heterocycles. The van der Waals surface area contributed by atoms with Gasteiger partial charge in [0.05, 0.1) is 17.1 Å². The molecule has 1 fully saturated rings. The first-order valence-electron chi connectivity index (χ1n) is 6.36. The number of carbonyl (C=O) groups is 2. The van der Waals surface area contributed by atoms with Gasteiger partial charge < -0.3 is 16.4 Å². The minimum absolute atomic E-state index is 0.0469. The summed E-state index contributed by atoms with van der Waals surface area (Å²) in [5.41, 5.74) is 6.89. The standard InChI is InChI=1S/C14H14N4O2/c15-12-6-10(9-3-1-2-4-11(9)18-12)14(20)17-8-5-13(19)16-7-8/h1-4,6,8H,5,7H2,(H2,15,18)(H,16,19)(H,17,20). The highest BCUT2D eigenvalue weighted by molar-refractivity contribution is 6.07. The number of amides is 2. The van der Waals surface area contributed by atoms with Gasteiger partial charge in [0.15, 0.2) is 0 Å². The van der Waals surface area contributed by atoms with Crippen molar-refractivity contribution in [1.29, 1.82) is 0 Å². The number of rotatable bonds is 2. The molecule has 4 N–H and O–H groups in total. The molecule has 1 saturated heterocycles. The van der Waals surface area contributed by atoms with Gasteiger partial charge in [0.25, 0.3) is 5.91 Å². The first kappa shape index (κ1) is 12.4. The van der Waals surface area contributed by atoms with Gasteiger partial charge >= 0.3 is 0 Å². The van der Waals surface area contributed by atoms with Gasteiger partial charge in [-0.25, -0.2) is 4.98 Å². The number of nitrogens with one attached hydrogen (secondary N) is 2. The number of para-hydroxylation sites is 1. The van der Waals surface area contributed by atoms with E-state index in [-0.39, 0.29) is 17.9 Å². The average Bonchev–Trinajstić information content (AvgIpc) is 2.83. The highest BCUT2D eigenvalue weighted by Crippen LogP contribution is 2.19. The molecule has 20 heavy (non-hydrogen) atoms. The molecular weight excluding hydrogens is 256 g/mol. The summed E-state index contributed by atoms with van der Waals surface area (Å²) in [4.78, 5) is 27.7. The summed E-state index contributed by atoms with van der Waals surface area (Å²) in [6, 6.07) is 8.70. The van der Waals surface area contributed by atoms with Gasteiger partial charge in [-0.3, -0.25) is 9.59 Å². The van der Waals surface area contributed by atoms with Crippen molar-refractivity contribution < 1.29 is 9.59 Å². The number of hydrogen-bond acceptors (Lipinski definition) is 4. The number of nitrogens with two attached hydrogens (primary N) is 1. The molecule has 1 aliphatic rings. The highest BCUT2D eigenvalue weighted by Gasteiger charge is 2.24. The summed E-state index contributed by atoms with van der Waals surface area (Å²) >= 11 is 0. The summed E-state index contributed by atoms with van der Waals surface area (Å²) in [5.74, 6) is 0.0145. The Labute approximate surface area is 115 Å². The van der Waals surface area contributed by atoms with E-state index in [4.69, 9.17) is 5.73 Å². The van der Waals surface area contributed by atoms with Crippen LogP contribution in [-0.4, -0.2) is 29.4 Å². The van der Waals surface area contributed by atoms with Gasteiger partial charge in [-0.2, -0.15) is 0 Å². The van der Waals surface area contributed by atoms with Crippen LogP contribution in [0, 0.1) is 0 Å². The average molecular weight is 270 g/mol. The van der Waals surface area contributed by atoms with Crippen LogP contribution in [0.15, 0.2) is 30.3 Å². The van der Waals surface area contributed by atoms with Crippen molar-refractivity contribution in [2.45, 2.75) is 12.5 Å². The molecule has 6 nitrogen and oxygen atoms in total. The van der Waals surface area contributed by atoms with Gasteiger partial charge in [-0.05, 0) is 12.1 Å². The Balaban J connectivity index is 1.93. The fraction of sp³-hybridized carbons (Fsp3) is 0.214. The largest absolute Gasteiger partial charge is 0.384 e. The summed E-state index contributed by atoms with van der Waals surface area (Å²) in [7, 11) is 0. The lowest BCUT2D eigenvalue weighted by Crippen LogP contribution is -2.36. The molecule has 0 saturated carbocycles. The van der Waals surface area contributed by atoms with Gasteiger partial charge in [-0.1, -0.05) is 18.2 Å². The molecule has 1 atom stereocenters. The third kappa shape index (κ3) is 2.27. The molecule has 0 spiro atoms. The van der Waals surface area contributed by atoms with Crippen molar-refractivity contribution >= 4 is 28.5 Å².